The first-order chi connectivity index (χ1) is 13.3. The highest BCUT2D eigenvalue weighted by Crippen LogP contribution is 2.20. The van der Waals surface area contributed by atoms with Crippen molar-refractivity contribution in [3.63, 3.8) is 0 Å². The molecule has 0 aromatic heterocycles. The predicted octanol–water partition coefficient (Wildman–Crippen LogP) is 3.61. The van der Waals surface area contributed by atoms with Crippen LogP contribution in [0.3, 0.4) is 0 Å². The van der Waals surface area contributed by atoms with E-state index >= 15 is 0 Å². The first-order valence-electron chi connectivity index (χ1n) is 9.43. The Morgan fingerprint density at radius 2 is 1.78 bits per heavy atom. The number of benzene rings is 3. The topological polar surface area (TPSA) is 41.6 Å². The minimum absolute atomic E-state index is 0.0491. The van der Waals surface area contributed by atoms with E-state index < -0.39 is 0 Å². The molecule has 1 amide bonds. The SMILES string of the molecule is O=C(COc1ccc2ccccc2c1)NC1CCN(Cc2ccccc2)C1. The van der Waals surface area contributed by atoms with Crippen molar-refractivity contribution in [2.45, 2.75) is 19.0 Å². The Kier molecular flexibility index (Phi) is 5.35. The van der Waals surface area contributed by atoms with E-state index in [0.717, 1.165) is 37.2 Å². The van der Waals surface area contributed by atoms with Crippen molar-refractivity contribution in [2.24, 2.45) is 0 Å². The summed E-state index contributed by atoms with van der Waals surface area (Å²) >= 11 is 0. The first kappa shape index (κ1) is 17.6. The van der Waals surface area contributed by atoms with Gasteiger partial charge in [-0.05, 0) is 34.9 Å². The van der Waals surface area contributed by atoms with Gasteiger partial charge in [0.1, 0.15) is 5.75 Å². The van der Waals surface area contributed by atoms with Crippen LogP contribution in [-0.2, 0) is 11.3 Å². The number of carbonyl (C=O) groups excluding carboxylic acids is 1. The van der Waals surface area contributed by atoms with E-state index in [-0.39, 0.29) is 18.6 Å². The summed E-state index contributed by atoms with van der Waals surface area (Å²) in [6, 6.07) is 24.7. The molecule has 3 aromatic carbocycles. The van der Waals surface area contributed by atoms with Crippen molar-refractivity contribution < 1.29 is 9.53 Å². The maximum Gasteiger partial charge on any atom is 0.258 e. The number of hydrogen-bond donors (Lipinski definition) is 1. The van der Waals surface area contributed by atoms with Gasteiger partial charge in [-0.3, -0.25) is 9.69 Å². The van der Waals surface area contributed by atoms with E-state index in [4.69, 9.17) is 4.74 Å². The highest BCUT2D eigenvalue weighted by molar-refractivity contribution is 5.84. The number of carbonyl (C=O) groups is 1. The molecule has 138 valence electrons. The number of ether oxygens (including phenoxy) is 1. The molecule has 0 aliphatic carbocycles. The summed E-state index contributed by atoms with van der Waals surface area (Å²) in [6.07, 6.45) is 0.981. The van der Waals surface area contributed by atoms with Gasteiger partial charge in [0, 0.05) is 25.7 Å². The molecule has 0 radical (unpaired) electrons. The van der Waals surface area contributed by atoms with Gasteiger partial charge in [0.25, 0.3) is 5.91 Å². The Bertz CT molecular complexity index is 910. The Hall–Kier alpha value is -2.85. The van der Waals surface area contributed by atoms with Crippen molar-refractivity contribution in [2.75, 3.05) is 19.7 Å². The first-order valence-corrected chi connectivity index (χ1v) is 9.43. The van der Waals surface area contributed by atoms with Crippen LogP contribution in [0.25, 0.3) is 10.8 Å². The maximum atomic E-state index is 12.2. The lowest BCUT2D eigenvalue weighted by molar-refractivity contribution is -0.123. The van der Waals surface area contributed by atoms with Gasteiger partial charge >= 0.3 is 0 Å². The second-order valence-electron chi connectivity index (χ2n) is 7.07. The smallest absolute Gasteiger partial charge is 0.258 e. The molecule has 0 saturated carbocycles. The molecular formula is C23H24N2O2. The number of fused-ring (bicyclic) bond motifs is 1. The molecular weight excluding hydrogens is 336 g/mol. The fraction of sp³-hybridized carbons (Fsp3) is 0.261. The third-order valence-electron chi connectivity index (χ3n) is 4.98. The summed E-state index contributed by atoms with van der Waals surface area (Å²) in [6.45, 7) is 2.87. The van der Waals surface area contributed by atoms with Crippen LogP contribution in [0.1, 0.15) is 12.0 Å². The van der Waals surface area contributed by atoms with Crippen LogP contribution in [0.4, 0.5) is 0 Å². The maximum absolute atomic E-state index is 12.2. The van der Waals surface area contributed by atoms with Crippen LogP contribution >= 0.6 is 0 Å². The van der Waals surface area contributed by atoms with Gasteiger partial charge in [-0.2, -0.15) is 0 Å². The van der Waals surface area contributed by atoms with Crippen molar-refractivity contribution in [1.29, 1.82) is 0 Å². The minimum atomic E-state index is -0.0604. The molecule has 27 heavy (non-hydrogen) atoms. The number of rotatable bonds is 6. The van der Waals surface area contributed by atoms with Crippen LogP contribution in [0.5, 0.6) is 5.75 Å². The van der Waals surface area contributed by atoms with Gasteiger partial charge in [0.05, 0.1) is 0 Å². The summed E-state index contributed by atoms with van der Waals surface area (Å²) in [5.41, 5.74) is 1.31. The second kappa shape index (κ2) is 8.23. The molecule has 1 heterocycles. The van der Waals surface area contributed by atoms with E-state index in [1.807, 2.05) is 42.5 Å². The van der Waals surface area contributed by atoms with Crippen molar-refractivity contribution in [1.82, 2.24) is 10.2 Å². The van der Waals surface area contributed by atoms with Crippen molar-refractivity contribution >= 4 is 16.7 Å². The number of hydrogen-bond acceptors (Lipinski definition) is 3. The second-order valence-corrected chi connectivity index (χ2v) is 7.07. The van der Waals surface area contributed by atoms with Crippen molar-refractivity contribution in [3.8, 4) is 5.75 Å². The molecule has 4 heteroatoms. The lowest BCUT2D eigenvalue weighted by atomic mass is 10.1. The van der Waals surface area contributed by atoms with E-state index in [1.54, 1.807) is 0 Å². The molecule has 4 rings (SSSR count). The molecule has 1 unspecified atom stereocenters. The number of likely N-dealkylation sites (tertiary alicyclic amines) is 1. The van der Waals surface area contributed by atoms with Gasteiger partial charge < -0.3 is 10.1 Å². The molecule has 1 saturated heterocycles. The zero-order valence-corrected chi connectivity index (χ0v) is 15.3. The zero-order chi connectivity index (χ0) is 18.5. The van der Waals surface area contributed by atoms with E-state index in [1.165, 1.54) is 10.9 Å². The molecule has 0 bridgehead atoms. The average molecular weight is 360 g/mol. The largest absolute Gasteiger partial charge is 0.484 e. The van der Waals surface area contributed by atoms with Crippen LogP contribution < -0.4 is 10.1 Å². The summed E-state index contributed by atoms with van der Waals surface area (Å²) in [7, 11) is 0. The Morgan fingerprint density at radius 1 is 1.00 bits per heavy atom. The van der Waals surface area contributed by atoms with Crippen molar-refractivity contribution in [3.05, 3.63) is 78.4 Å². The molecule has 3 aromatic rings. The van der Waals surface area contributed by atoms with Crippen LogP contribution in [-0.4, -0.2) is 36.5 Å². The molecule has 4 nitrogen and oxygen atoms in total. The summed E-state index contributed by atoms with van der Waals surface area (Å²) < 4.78 is 5.68. The van der Waals surface area contributed by atoms with Gasteiger partial charge in [-0.1, -0.05) is 60.7 Å². The standard InChI is InChI=1S/C23H24N2O2/c26-23(17-27-22-11-10-19-8-4-5-9-20(19)14-22)24-21-12-13-25(16-21)15-18-6-2-1-3-7-18/h1-11,14,21H,12-13,15-17H2,(H,24,26). The highest BCUT2D eigenvalue weighted by atomic mass is 16.5. The lowest BCUT2D eigenvalue weighted by Crippen LogP contribution is -2.39. The molecule has 1 atom stereocenters. The van der Waals surface area contributed by atoms with Gasteiger partial charge in [-0.15, -0.1) is 0 Å². The molecule has 1 fully saturated rings. The monoisotopic (exact) mass is 360 g/mol. The summed E-state index contributed by atoms with van der Waals surface area (Å²) in [4.78, 5) is 14.6. The van der Waals surface area contributed by atoms with E-state index in [2.05, 4.69) is 40.5 Å². The average Bonchev–Trinajstić information content (AvgIpc) is 3.13. The Labute approximate surface area is 159 Å². The third-order valence-corrected chi connectivity index (χ3v) is 4.98. The molecule has 1 aliphatic rings. The Morgan fingerprint density at radius 3 is 2.63 bits per heavy atom. The van der Waals surface area contributed by atoms with E-state index in [9.17, 15) is 4.79 Å². The summed E-state index contributed by atoms with van der Waals surface area (Å²) in [5, 5.41) is 5.38. The van der Waals surface area contributed by atoms with Crippen LogP contribution in [0.15, 0.2) is 72.8 Å². The number of nitrogens with one attached hydrogen (secondary N) is 1. The summed E-state index contributed by atoms with van der Waals surface area (Å²) in [5.74, 6) is 0.663. The number of amides is 1. The number of nitrogens with zero attached hydrogens (tertiary/aromatic N) is 1. The highest BCUT2D eigenvalue weighted by Gasteiger charge is 2.23. The zero-order valence-electron chi connectivity index (χ0n) is 15.3. The minimum Gasteiger partial charge on any atom is -0.484 e. The molecule has 1 N–H and O–H groups in total. The van der Waals surface area contributed by atoms with Crippen LogP contribution in [0, 0.1) is 0 Å². The van der Waals surface area contributed by atoms with Crippen LogP contribution in [0.2, 0.25) is 0 Å². The van der Waals surface area contributed by atoms with Gasteiger partial charge in [-0.25, -0.2) is 0 Å². The Balaban J connectivity index is 1.24. The fourth-order valence-electron chi connectivity index (χ4n) is 3.61. The van der Waals surface area contributed by atoms with Gasteiger partial charge in [0.15, 0.2) is 6.61 Å². The fourth-order valence-corrected chi connectivity index (χ4v) is 3.61. The normalized spacial score (nSPS) is 17.1. The molecule has 1 aliphatic heterocycles. The van der Waals surface area contributed by atoms with Gasteiger partial charge in [0.2, 0.25) is 0 Å². The lowest BCUT2D eigenvalue weighted by Gasteiger charge is -2.17. The third kappa shape index (κ3) is 4.66. The quantitative estimate of drug-likeness (QED) is 0.730. The molecule has 0 spiro atoms. The van der Waals surface area contributed by atoms with E-state index in [0.29, 0.717) is 0 Å². The predicted molar refractivity (Wildman–Crippen MR) is 108 cm³/mol.